The van der Waals surface area contributed by atoms with E-state index < -0.39 is 12.3 Å². The molecule has 3 heteroatoms. The summed E-state index contributed by atoms with van der Waals surface area (Å²) in [5.74, 6) is -0.417. The van der Waals surface area contributed by atoms with E-state index in [0.29, 0.717) is 0 Å². The molecule has 17 heavy (non-hydrogen) atoms. The summed E-state index contributed by atoms with van der Waals surface area (Å²) in [6.07, 6.45) is 10.2. The number of methoxy groups -OCH3 is 1. The molecular formula is C14H26O3. The molecule has 0 aromatic carbocycles. The van der Waals surface area contributed by atoms with E-state index >= 15 is 0 Å². The molecule has 0 aromatic rings. The largest absolute Gasteiger partial charge is 0.433 e. The maximum atomic E-state index is 11.0. The Morgan fingerprint density at radius 3 is 2.29 bits per heavy atom. The van der Waals surface area contributed by atoms with Crippen LogP contribution in [-0.2, 0) is 14.3 Å². The predicted molar refractivity (Wildman–Crippen MR) is 69.7 cm³/mol. The van der Waals surface area contributed by atoms with Crippen molar-refractivity contribution < 1.29 is 14.3 Å². The third kappa shape index (κ3) is 10.1. The second-order valence-corrected chi connectivity index (χ2v) is 4.22. The lowest BCUT2D eigenvalue weighted by molar-refractivity contribution is -0.168. The molecule has 0 saturated heterocycles. The highest BCUT2D eigenvalue weighted by molar-refractivity contribution is 5.81. The summed E-state index contributed by atoms with van der Waals surface area (Å²) >= 11 is 0. The molecule has 0 N–H and O–H groups in total. The zero-order valence-electron chi connectivity index (χ0n) is 11.2. The third-order valence-electron chi connectivity index (χ3n) is 2.72. The normalized spacial score (nSPS) is 12.1. The quantitative estimate of drug-likeness (QED) is 0.239. The molecule has 0 aliphatic heterocycles. The van der Waals surface area contributed by atoms with Crippen LogP contribution >= 0.6 is 0 Å². The van der Waals surface area contributed by atoms with Gasteiger partial charge in [-0.1, -0.05) is 52.0 Å². The van der Waals surface area contributed by atoms with E-state index in [2.05, 4.69) is 13.5 Å². The van der Waals surface area contributed by atoms with Crippen molar-refractivity contribution in [3.63, 3.8) is 0 Å². The van der Waals surface area contributed by atoms with E-state index in [0.717, 1.165) is 18.9 Å². The molecule has 3 nitrogen and oxygen atoms in total. The number of carbonyl (C=O) groups excluding carboxylic acids is 1. The van der Waals surface area contributed by atoms with Gasteiger partial charge in [0.2, 0.25) is 6.29 Å². The Kier molecular flexibility index (Phi) is 11.1. The number of carbonyl (C=O) groups is 1. The molecule has 0 aliphatic carbocycles. The fourth-order valence-corrected chi connectivity index (χ4v) is 1.67. The Bertz CT molecular complexity index is 202. The minimum atomic E-state index is -0.420. The van der Waals surface area contributed by atoms with Gasteiger partial charge in [-0.25, -0.2) is 4.79 Å². The van der Waals surface area contributed by atoms with Crippen LogP contribution < -0.4 is 0 Å². The molecule has 0 bridgehead atoms. The van der Waals surface area contributed by atoms with Crippen molar-refractivity contribution >= 4 is 5.97 Å². The van der Waals surface area contributed by atoms with Crippen LogP contribution in [0, 0.1) is 0 Å². The Labute approximate surface area is 105 Å². The highest BCUT2D eigenvalue weighted by atomic mass is 16.7. The molecule has 0 saturated carbocycles. The highest BCUT2D eigenvalue weighted by Crippen LogP contribution is 2.11. The van der Waals surface area contributed by atoms with Gasteiger partial charge in [0.25, 0.3) is 0 Å². The fraction of sp³-hybridized carbons (Fsp3) is 0.786. The average molecular weight is 242 g/mol. The van der Waals surface area contributed by atoms with Crippen molar-refractivity contribution in [2.75, 3.05) is 7.11 Å². The van der Waals surface area contributed by atoms with Crippen LogP contribution in [0.15, 0.2) is 12.7 Å². The molecule has 0 aromatic heterocycles. The number of hydrogen-bond donors (Lipinski definition) is 0. The summed E-state index contributed by atoms with van der Waals surface area (Å²) in [7, 11) is 1.56. The molecular weight excluding hydrogens is 216 g/mol. The lowest BCUT2D eigenvalue weighted by Gasteiger charge is -2.14. The number of esters is 1. The average Bonchev–Trinajstić information content (AvgIpc) is 2.35. The molecule has 0 spiro atoms. The van der Waals surface area contributed by atoms with Gasteiger partial charge in [0, 0.05) is 19.6 Å². The SMILES string of the molecule is C=CC(=O)OC(CCCCCCCCC)OC. The Morgan fingerprint density at radius 1 is 1.18 bits per heavy atom. The monoisotopic (exact) mass is 242 g/mol. The van der Waals surface area contributed by atoms with E-state index in [-0.39, 0.29) is 0 Å². The number of hydrogen-bond acceptors (Lipinski definition) is 3. The van der Waals surface area contributed by atoms with Crippen molar-refractivity contribution in [2.45, 2.75) is 64.6 Å². The minimum absolute atomic E-state index is 0.417. The Hall–Kier alpha value is -0.830. The van der Waals surface area contributed by atoms with Gasteiger partial charge in [-0.3, -0.25) is 0 Å². The van der Waals surface area contributed by atoms with Crippen LogP contribution in [-0.4, -0.2) is 19.4 Å². The third-order valence-corrected chi connectivity index (χ3v) is 2.72. The van der Waals surface area contributed by atoms with Gasteiger partial charge >= 0.3 is 5.97 Å². The summed E-state index contributed by atoms with van der Waals surface area (Å²) in [6, 6.07) is 0. The van der Waals surface area contributed by atoms with Gasteiger partial charge in [-0.2, -0.15) is 0 Å². The molecule has 0 heterocycles. The van der Waals surface area contributed by atoms with Crippen LogP contribution in [0.1, 0.15) is 58.3 Å². The van der Waals surface area contributed by atoms with E-state index in [4.69, 9.17) is 9.47 Å². The summed E-state index contributed by atoms with van der Waals surface area (Å²) in [5.41, 5.74) is 0. The molecule has 1 unspecified atom stereocenters. The first-order valence-electron chi connectivity index (χ1n) is 6.60. The van der Waals surface area contributed by atoms with Gasteiger partial charge in [0.1, 0.15) is 0 Å². The number of rotatable bonds is 11. The molecule has 0 rings (SSSR count). The lowest BCUT2D eigenvalue weighted by Crippen LogP contribution is -2.18. The highest BCUT2D eigenvalue weighted by Gasteiger charge is 2.10. The lowest BCUT2D eigenvalue weighted by atomic mass is 10.1. The van der Waals surface area contributed by atoms with E-state index in [1.165, 1.54) is 38.5 Å². The topological polar surface area (TPSA) is 35.5 Å². The summed E-state index contributed by atoms with van der Waals surface area (Å²) in [5, 5.41) is 0. The Morgan fingerprint density at radius 2 is 1.76 bits per heavy atom. The Balaban J connectivity index is 3.43. The summed E-state index contributed by atoms with van der Waals surface area (Å²) in [4.78, 5) is 11.0. The first-order valence-corrected chi connectivity index (χ1v) is 6.60. The van der Waals surface area contributed by atoms with E-state index in [1.807, 2.05) is 0 Å². The van der Waals surface area contributed by atoms with E-state index in [9.17, 15) is 4.79 Å². The van der Waals surface area contributed by atoms with Gasteiger partial charge in [-0.15, -0.1) is 0 Å². The van der Waals surface area contributed by atoms with Gasteiger partial charge in [-0.05, 0) is 6.42 Å². The molecule has 100 valence electrons. The summed E-state index contributed by atoms with van der Waals surface area (Å²) < 4.78 is 10.1. The molecule has 0 aliphatic rings. The van der Waals surface area contributed by atoms with Crippen molar-refractivity contribution in [1.29, 1.82) is 0 Å². The first kappa shape index (κ1) is 16.2. The first-order chi connectivity index (χ1) is 8.24. The van der Waals surface area contributed by atoms with Crippen molar-refractivity contribution in [3.8, 4) is 0 Å². The predicted octanol–water partition coefficient (Wildman–Crippen LogP) is 3.83. The molecule has 0 amide bonds. The van der Waals surface area contributed by atoms with Crippen LogP contribution in [0.2, 0.25) is 0 Å². The van der Waals surface area contributed by atoms with Gasteiger partial charge in [0.15, 0.2) is 0 Å². The van der Waals surface area contributed by atoms with Crippen LogP contribution in [0.25, 0.3) is 0 Å². The van der Waals surface area contributed by atoms with Crippen molar-refractivity contribution in [3.05, 3.63) is 12.7 Å². The van der Waals surface area contributed by atoms with Crippen LogP contribution in [0.4, 0.5) is 0 Å². The zero-order chi connectivity index (χ0) is 12.9. The number of unbranched alkanes of at least 4 members (excludes halogenated alkanes) is 6. The standard InChI is InChI=1S/C14H26O3/c1-4-6-7-8-9-10-11-12-14(16-3)17-13(15)5-2/h5,14H,2,4,6-12H2,1,3H3. The van der Waals surface area contributed by atoms with E-state index in [1.54, 1.807) is 7.11 Å². The van der Waals surface area contributed by atoms with Gasteiger partial charge in [0.05, 0.1) is 0 Å². The smallest absolute Gasteiger partial charge is 0.332 e. The minimum Gasteiger partial charge on any atom is -0.433 e. The second-order valence-electron chi connectivity index (χ2n) is 4.22. The summed E-state index contributed by atoms with van der Waals surface area (Å²) in [6.45, 7) is 5.58. The van der Waals surface area contributed by atoms with Gasteiger partial charge < -0.3 is 9.47 Å². The maximum absolute atomic E-state index is 11.0. The van der Waals surface area contributed by atoms with Crippen molar-refractivity contribution in [1.82, 2.24) is 0 Å². The van der Waals surface area contributed by atoms with Crippen molar-refractivity contribution in [2.24, 2.45) is 0 Å². The number of ether oxygens (including phenoxy) is 2. The second kappa shape index (κ2) is 11.6. The fourth-order valence-electron chi connectivity index (χ4n) is 1.67. The zero-order valence-corrected chi connectivity index (χ0v) is 11.2. The van der Waals surface area contributed by atoms with Crippen LogP contribution in [0.3, 0.4) is 0 Å². The maximum Gasteiger partial charge on any atom is 0.332 e. The molecule has 1 atom stereocenters. The molecule has 0 fully saturated rings. The van der Waals surface area contributed by atoms with Crippen LogP contribution in [0.5, 0.6) is 0 Å². The molecule has 0 radical (unpaired) electrons.